The van der Waals surface area contributed by atoms with Crippen LogP contribution in [-0.2, 0) is 14.8 Å². The topological polar surface area (TPSA) is 77.8 Å². The molecule has 0 saturated heterocycles. The van der Waals surface area contributed by atoms with Crippen LogP contribution in [0.15, 0.2) is 72.8 Å². The molecule has 0 N–H and O–H groups in total. The minimum Gasteiger partial charge on any atom is -0.497 e. The molecule has 202 valence electrons. The van der Waals surface area contributed by atoms with Gasteiger partial charge >= 0.3 is 6.09 Å². The van der Waals surface area contributed by atoms with E-state index in [4.69, 9.17) is 9.47 Å². The Balaban J connectivity index is 1.68. The zero-order valence-electron chi connectivity index (χ0n) is 22.7. The van der Waals surface area contributed by atoms with Gasteiger partial charge in [-0.05, 0) is 61.7 Å². The third-order valence-electron chi connectivity index (χ3n) is 7.78. The Labute approximate surface area is 229 Å². The van der Waals surface area contributed by atoms with Crippen molar-refractivity contribution in [2.45, 2.75) is 38.2 Å². The van der Waals surface area contributed by atoms with Crippen molar-refractivity contribution in [3.63, 3.8) is 0 Å². The number of anilines is 1. The van der Waals surface area contributed by atoms with Gasteiger partial charge in [-0.15, -0.1) is 0 Å². The van der Waals surface area contributed by atoms with Gasteiger partial charge in [0.2, 0.25) is 10.0 Å². The van der Waals surface area contributed by atoms with Gasteiger partial charge in [0, 0.05) is 35.4 Å². The molecule has 1 aliphatic carbocycles. The number of carbonyl (C=O) groups is 1. The van der Waals surface area contributed by atoms with Crippen LogP contribution in [0.2, 0.25) is 0 Å². The number of aromatic nitrogens is 1. The van der Waals surface area contributed by atoms with Crippen LogP contribution in [0.25, 0.3) is 10.9 Å². The van der Waals surface area contributed by atoms with Crippen LogP contribution in [-0.4, -0.2) is 44.6 Å². The van der Waals surface area contributed by atoms with Crippen LogP contribution in [0.5, 0.6) is 5.75 Å². The van der Waals surface area contributed by atoms with E-state index in [9.17, 15) is 13.2 Å². The minimum absolute atomic E-state index is 0.102. The van der Waals surface area contributed by atoms with Crippen molar-refractivity contribution in [2.75, 3.05) is 24.2 Å². The molecule has 39 heavy (non-hydrogen) atoms. The molecule has 0 unspecified atom stereocenters. The summed E-state index contributed by atoms with van der Waals surface area (Å²) in [6.45, 7) is 5.88. The number of ether oxygens (including phenoxy) is 2. The fourth-order valence-corrected chi connectivity index (χ4v) is 7.39. The first-order valence-electron chi connectivity index (χ1n) is 13.1. The lowest BCUT2D eigenvalue weighted by atomic mass is 9.76. The van der Waals surface area contributed by atoms with Gasteiger partial charge in [-0.25, -0.2) is 17.8 Å². The lowest BCUT2D eigenvalue weighted by Gasteiger charge is -2.39. The van der Waals surface area contributed by atoms with E-state index >= 15 is 0 Å². The van der Waals surface area contributed by atoms with Gasteiger partial charge in [-0.2, -0.15) is 0 Å². The summed E-state index contributed by atoms with van der Waals surface area (Å²) in [6, 6.07) is 23.5. The quantitative estimate of drug-likeness (QED) is 0.311. The Morgan fingerprint density at radius 3 is 2.26 bits per heavy atom. The Morgan fingerprint density at radius 2 is 1.59 bits per heavy atom. The molecule has 0 saturated carbocycles. The SMILES string of the molecule is COc1ccc([C@H]2c3c(c4ccccc4n3C(=O)OC(C)(C)C)[C@@H]3c4ccccc4N(S(C)(=O)=O)C[C@@H]32)cc1. The molecule has 3 aromatic carbocycles. The van der Waals surface area contributed by atoms with E-state index in [1.54, 1.807) is 11.7 Å². The van der Waals surface area contributed by atoms with Crippen LogP contribution in [0, 0.1) is 5.92 Å². The zero-order chi connectivity index (χ0) is 27.7. The van der Waals surface area contributed by atoms with E-state index in [0.717, 1.165) is 39.0 Å². The summed E-state index contributed by atoms with van der Waals surface area (Å²) >= 11 is 0. The summed E-state index contributed by atoms with van der Waals surface area (Å²) in [5, 5.41) is 0.979. The van der Waals surface area contributed by atoms with Crippen molar-refractivity contribution >= 4 is 32.7 Å². The molecule has 1 aliphatic heterocycles. The fourth-order valence-electron chi connectivity index (χ4n) is 6.43. The fraction of sp³-hybridized carbons (Fsp3) is 0.323. The molecular weight excluding hydrogens is 512 g/mol. The highest BCUT2D eigenvalue weighted by Crippen LogP contribution is 2.59. The monoisotopic (exact) mass is 544 g/mol. The smallest absolute Gasteiger partial charge is 0.419 e. The van der Waals surface area contributed by atoms with E-state index in [2.05, 4.69) is 0 Å². The van der Waals surface area contributed by atoms with Gasteiger partial charge in [-0.3, -0.25) is 4.31 Å². The maximum atomic E-state index is 13.9. The van der Waals surface area contributed by atoms with Crippen molar-refractivity contribution in [1.82, 2.24) is 4.57 Å². The van der Waals surface area contributed by atoms with Gasteiger partial charge < -0.3 is 9.47 Å². The highest BCUT2D eigenvalue weighted by atomic mass is 32.2. The van der Waals surface area contributed by atoms with Gasteiger partial charge in [0.15, 0.2) is 0 Å². The second kappa shape index (κ2) is 8.88. The minimum atomic E-state index is -3.54. The van der Waals surface area contributed by atoms with Crippen molar-refractivity contribution < 1.29 is 22.7 Å². The lowest BCUT2D eigenvalue weighted by molar-refractivity contribution is 0.0539. The second-order valence-corrected chi connectivity index (χ2v) is 13.3. The largest absolute Gasteiger partial charge is 0.497 e. The number of methoxy groups -OCH3 is 1. The van der Waals surface area contributed by atoms with E-state index in [1.165, 1.54) is 10.6 Å². The van der Waals surface area contributed by atoms with Crippen molar-refractivity contribution in [3.8, 4) is 5.75 Å². The number of rotatable bonds is 3. The average Bonchev–Trinajstić information content (AvgIpc) is 3.39. The summed E-state index contributed by atoms with van der Waals surface area (Å²) < 4.78 is 40.7. The molecule has 3 atom stereocenters. The molecule has 7 nitrogen and oxygen atoms in total. The summed E-state index contributed by atoms with van der Waals surface area (Å²) in [5.41, 5.74) is 4.65. The van der Waals surface area contributed by atoms with Crippen LogP contribution >= 0.6 is 0 Å². The first-order valence-corrected chi connectivity index (χ1v) is 14.9. The van der Waals surface area contributed by atoms with Crippen LogP contribution < -0.4 is 9.04 Å². The molecule has 8 heteroatoms. The summed E-state index contributed by atoms with van der Waals surface area (Å²) in [7, 11) is -1.92. The molecule has 0 amide bonds. The summed E-state index contributed by atoms with van der Waals surface area (Å²) in [6.07, 6.45) is 0.815. The number of hydrogen-bond donors (Lipinski definition) is 0. The summed E-state index contributed by atoms with van der Waals surface area (Å²) in [4.78, 5) is 13.9. The van der Waals surface area contributed by atoms with Crippen molar-refractivity contribution in [3.05, 3.63) is 95.2 Å². The van der Waals surface area contributed by atoms with E-state index < -0.39 is 21.7 Å². The van der Waals surface area contributed by atoms with E-state index in [-0.39, 0.29) is 17.8 Å². The van der Waals surface area contributed by atoms with Crippen molar-refractivity contribution in [1.29, 1.82) is 0 Å². The molecule has 0 spiro atoms. The number of hydrogen-bond acceptors (Lipinski definition) is 5. The number of nitrogens with zero attached hydrogens (tertiary/aromatic N) is 2. The van der Waals surface area contributed by atoms with Gasteiger partial charge in [0.05, 0.1) is 24.6 Å². The molecule has 0 fully saturated rings. The predicted octanol–water partition coefficient (Wildman–Crippen LogP) is 6.11. The number of fused-ring (bicyclic) bond motifs is 7. The van der Waals surface area contributed by atoms with Crippen molar-refractivity contribution in [2.24, 2.45) is 5.92 Å². The van der Waals surface area contributed by atoms with Crippen LogP contribution in [0.1, 0.15) is 55.0 Å². The van der Waals surface area contributed by atoms with Gasteiger partial charge in [0.25, 0.3) is 0 Å². The average molecular weight is 545 g/mol. The molecule has 4 aromatic rings. The normalized spacial score (nSPS) is 20.3. The molecule has 1 aromatic heterocycles. The number of sulfonamides is 1. The lowest BCUT2D eigenvalue weighted by Crippen LogP contribution is -2.41. The Morgan fingerprint density at radius 1 is 0.923 bits per heavy atom. The Kier molecular flexibility index (Phi) is 5.80. The van der Waals surface area contributed by atoms with Crippen LogP contribution in [0.3, 0.4) is 0 Å². The zero-order valence-corrected chi connectivity index (χ0v) is 23.5. The summed E-state index contributed by atoms with van der Waals surface area (Å²) in [5.74, 6) is 0.239. The molecular formula is C31H32N2O5S. The highest BCUT2D eigenvalue weighted by Gasteiger charge is 2.51. The third-order valence-corrected chi connectivity index (χ3v) is 8.93. The Bertz CT molecular complexity index is 1700. The maximum Gasteiger partial charge on any atom is 0.419 e. The third kappa shape index (κ3) is 4.09. The molecule has 2 heterocycles. The molecule has 2 aliphatic rings. The van der Waals surface area contributed by atoms with E-state index in [0.29, 0.717) is 12.2 Å². The number of benzene rings is 3. The first-order chi connectivity index (χ1) is 18.5. The number of carbonyl (C=O) groups excluding carboxylic acids is 1. The standard InChI is InChI=1S/C31H32N2O5S/c1-31(2,3)38-30(34)33-25-13-9-7-11-22(25)28-27-21-10-6-8-12-24(21)32(39(5,35)36)18-23(27)26(29(28)33)19-14-16-20(37-4)17-15-19/h6-17,23,26-27H,18H2,1-5H3/t23-,26-,27-/m1/s1. The van der Waals surface area contributed by atoms with Crippen LogP contribution in [0.4, 0.5) is 10.5 Å². The number of para-hydroxylation sites is 2. The highest BCUT2D eigenvalue weighted by molar-refractivity contribution is 7.92. The first kappa shape index (κ1) is 25.5. The van der Waals surface area contributed by atoms with E-state index in [1.807, 2.05) is 93.6 Å². The Hall–Kier alpha value is -3.78. The van der Waals surface area contributed by atoms with Gasteiger partial charge in [-0.1, -0.05) is 48.5 Å². The predicted molar refractivity (Wildman–Crippen MR) is 152 cm³/mol. The molecule has 6 rings (SSSR count). The maximum absolute atomic E-state index is 13.9. The van der Waals surface area contributed by atoms with Gasteiger partial charge in [0.1, 0.15) is 11.4 Å². The second-order valence-electron chi connectivity index (χ2n) is 11.4. The molecule has 0 bridgehead atoms. The molecule has 0 radical (unpaired) electrons.